The summed E-state index contributed by atoms with van der Waals surface area (Å²) in [6.07, 6.45) is 0. The van der Waals surface area contributed by atoms with Gasteiger partial charge in [-0.15, -0.1) is 0 Å². The Labute approximate surface area is 137 Å². The largest absolute Gasteiger partial charge is 0.485 e. The molecule has 0 saturated carbocycles. The fourth-order valence-corrected chi connectivity index (χ4v) is 2.54. The van der Waals surface area contributed by atoms with Crippen molar-refractivity contribution in [2.45, 2.75) is 6.61 Å². The second kappa shape index (κ2) is 6.12. The zero-order valence-electron chi connectivity index (χ0n) is 12.6. The molecule has 0 aliphatic carbocycles. The zero-order valence-corrected chi connectivity index (χ0v) is 12.6. The fourth-order valence-electron chi connectivity index (χ4n) is 2.54. The van der Waals surface area contributed by atoms with Crippen LogP contribution >= 0.6 is 0 Å². The summed E-state index contributed by atoms with van der Waals surface area (Å²) in [6.45, 7) is 0.109. The molecule has 0 radical (unpaired) electrons. The molecule has 0 fully saturated rings. The van der Waals surface area contributed by atoms with E-state index < -0.39 is 0 Å². The van der Waals surface area contributed by atoms with Gasteiger partial charge in [-0.05, 0) is 29.0 Å². The van der Waals surface area contributed by atoms with Crippen molar-refractivity contribution < 1.29 is 13.7 Å². The van der Waals surface area contributed by atoms with E-state index in [4.69, 9.17) is 9.26 Å². The highest BCUT2D eigenvalue weighted by Crippen LogP contribution is 2.27. The molecule has 1 aromatic heterocycles. The molecule has 0 spiro atoms. The maximum Gasteiger partial charge on any atom is 0.258 e. The Kier molecular flexibility index (Phi) is 3.67. The van der Waals surface area contributed by atoms with Crippen molar-refractivity contribution in [1.82, 2.24) is 10.1 Å². The van der Waals surface area contributed by atoms with E-state index in [1.54, 1.807) is 12.1 Å². The molecular formula is C19H13FN2O2. The molecule has 0 saturated heterocycles. The summed E-state index contributed by atoms with van der Waals surface area (Å²) >= 11 is 0. The molecule has 3 aromatic carbocycles. The predicted molar refractivity (Wildman–Crippen MR) is 88.0 cm³/mol. The third-order valence-electron chi connectivity index (χ3n) is 3.65. The SMILES string of the molecule is Fc1cccc(OCc2noc(-c3cccc4ccccc34)n2)c1. The predicted octanol–water partition coefficient (Wildman–Crippen LogP) is 4.61. The Morgan fingerprint density at radius 1 is 0.958 bits per heavy atom. The third-order valence-corrected chi connectivity index (χ3v) is 3.65. The van der Waals surface area contributed by atoms with Gasteiger partial charge in [-0.1, -0.05) is 47.6 Å². The van der Waals surface area contributed by atoms with Crippen molar-refractivity contribution in [2.24, 2.45) is 0 Å². The number of aromatic nitrogens is 2. The molecule has 4 rings (SSSR count). The first-order valence-electron chi connectivity index (χ1n) is 7.49. The molecule has 0 aliphatic rings. The lowest BCUT2D eigenvalue weighted by Crippen LogP contribution is -1.97. The summed E-state index contributed by atoms with van der Waals surface area (Å²) in [4.78, 5) is 4.37. The molecule has 1 heterocycles. The Morgan fingerprint density at radius 3 is 2.71 bits per heavy atom. The smallest absolute Gasteiger partial charge is 0.258 e. The van der Waals surface area contributed by atoms with Crippen molar-refractivity contribution in [2.75, 3.05) is 0 Å². The van der Waals surface area contributed by atoms with E-state index in [1.165, 1.54) is 12.1 Å². The second-order valence-electron chi connectivity index (χ2n) is 5.29. The molecule has 0 amide bonds. The molecule has 0 aliphatic heterocycles. The highest BCUT2D eigenvalue weighted by molar-refractivity contribution is 5.94. The minimum atomic E-state index is -0.350. The first kappa shape index (κ1) is 14.4. The summed E-state index contributed by atoms with van der Waals surface area (Å²) in [6, 6.07) is 19.8. The highest BCUT2D eigenvalue weighted by atomic mass is 19.1. The molecule has 0 unspecified atom stereocenters. The van der Waals surface area contributed by atoms with Crippen molar-refractivity contribution in [3.8, 4) is 17.2 Å². The van der Waals surface area contributed by atoms with Crippen LogP contribution in [-0.2, 0) is 6.61 Å². The summed E-state index contributed by atoms with van der Waals surface area (Å²) in [7, 11) is 0. The van der Waals surface area contributed by atoms with Crippen molar-refractivity contribution >= 4 is 10.8 Å². The maximum atomic E-state index is 13.1. The van der Waals surface area contributed by atoms with Gasteiger partial charge >= 0.3 is 0 Å². The summed E-state index contributed by atoms with van der Waals surface area (Å²) < 4.78 is 24.0. The van der Waals surface area contributed by atoms with Crippen molar-refractivity contribution in [3.63, 3.8) is 0 Å². The quantitative estimate of drug-likeness (QED) is 0.551. The van der Waals surface area contributed by atoms with Crippen LogP contribution < -0.4 is 4.74 Å². The van der Waals surface area contributed by atoms with E-state index in [9.17, 15) is 4.39 Å². The molecule has 118 valence electrons. The molecule has 24 heavy (non-hydrogen) atoms. The Morgan fingerprint density at radius 2 is 1.79 bits per heavy atom. The minimum absolute atomic E-state index is 0.109. The van der Waals surface area contributed by atoms with Crippen LogP contribution in [0.2, 0.25) is 0 Å². The third kappa shape index (κ3) is 2.84. The molecule has 0 bridgehead atoms. The number of rotatable bonds is 4. The number of ether oxygens (including phenoxy) is 1. The van der Waals surface area contributed by atoms with E-state index >= 15 is 0 Å². The van der Waals surface area contributed by atoms with E-state index in [0.29, 0.717) is 17.5 Å². The number of nitrogens with zero attached hydrogens (tertiary/aromatic N) is 2. The lowest BCUT2D eigenvalue weighted by molar-refractivity contribution is 0.286. The Hall–Kier alpha value is -3.21. The summed E-state index contributed by atoms with van der Waals surface area (Å²) in [5, 5.41) is 6.08. The highest BCUT2D eigenvalue weighted by Gasteiger charge is 2.12. The lowest BCUT2D eigenvalue weighted by atomic mass is 10.0. The van der Waals surface area contributed by atoms with Crippen LogP contribution in [0, 0.1) is 5.82 Å². The van der Waals surface area contributed by atoms with Gasteiger partial charge in [0.1, 0.15) is 11.6 Å². The number of halogens is 1. The van der Waals surface area contributed by atoms with Crippen LogP contribution in [0.5, 0.6) is 5.75 Å². The first-order valence-corrected chi connectivity index (χ1v) is 7.49. The summed E-state index contributed by atoms with van der Waals surface area (Å²) in [5.41, 5.74) is 0.873. The van der Waals surface area contributed by atoms with Gasteiger partial charge in [0.2, 0.25) is 5.82 Å². The fraction of sp³-hybridized carbons (Fsp3) is 0.0526. The van der Waals surface area contributed by atoms with E-state index in [-0.39, 0.29) is 12.4 Å². The molecule has 4 nitrogen and oxygen atoms in total. The van der Waals surface area contributed by atoms with Crippen LogP contribution in [0.3, 0.4) is 0 Å². The van der Waals surface area contributed by atoms with Gasteiger partial charge in [0.15, 0.2) is 6.61 Å². The van der Waals surface area contributed by atoms with Crippen molar-refractivity contribution in [3.05, 3.63) is 78.4 Å². The van der Waals surface area contributed by atoms with Crippen LogP contribution in [-0.4, -0.2) is 10.1 Å². The monoisotopic (exact) mass is 320 g/mol. The molecule has 5 heteroatoms. The maximum absolute atomic E-state index is 13.1. The molecule has 0 N–H and O–H groups in total. The Balaban J connectivity index is 1.58. The van der Waals surface area contributed by atoms with Crippen LogP contribution in [0.25, 0.3) is 22.2 Å². The average molecular weight is 320 g/mol. The standard InChI is InChI=1S/C19H13FN2O2/c20-14-7-4-8-15(11-14)23-12-18-21-19(24-22-18)17-10-3-6-13-5-1-2-9-16(13)17/h1-11H,12H2. The van der Waals surface area contributed by atoms with Gasteiger partial charge < -0.3 is 9.26 Å². The number of benzene rings is 3. The Bertz CT molecular complexity index is 992. The molecule has 0 atom stereocenters. The van der Waals surface area contributed by atoms with Gasteiger partial charge in [0, 0.05) is 11.6 Å². The van der Waals surface area contributed by atoms with E-state index in [0.717, 1.165) is 16.3 Å². The molecular weight excluding hydrogens is 307 g/mol. The topological polar surface area (TPSA) is 48.2 Å². The molecule has 4 aromatic rings. The van der Waals surface area contributed by atoms with Crippen LogP contribution in [0.4, 0.5) is 4.39 Å². The zero-order chi connectivity index (χ0) is 16.4. The summed E-state index contributed by atoms with van der Waals surface area (Å²) in [5.74, 6) is 0.912. The van der Waals surface area contributed by atoms with Crippen LogP contribution in [0.15, 0.2) is 71.3 Å². The van der Waals surface area contributed by atoms with Gasteiger partial charge in [0.25, 0.3) is 5.89 Å². The number of fused-ring (bicyclic) bond motifs is 1. The minimum Gasteiger partial charge on any atom is -0.485 e. The van der Waals surface area contributed by atoms with Crippen LogP contribution in [0.1, 0.15) is 5.82 Å². The van der Waals surface area contributed by atoms with Gasteiger partial charge in [0.05, 0.1) is 0 Å². The second-order valence-corrected chi connectivity index (χ2v) is 5.29. The first-order chi connectivity index (χ1) is 11.8. The van der Waals surface area contributed by atoms with E-state index in [2.05, 4.69) is 10.1 Å². The van der Waals surface area contributed by atoms with E-state index in [1.807, 2.05) is 42.5 Å². The lowest BCUT2D eigenvalue weighted by Gasteiger charge is -2.02. The van der Waals surface area contributed by atoms with Gasteiger partial charge in [-0.2, -0.15) is 4.98 Å². The van der Waals surface area contributed by atoms with Crippen molar-refractivity contribution in [1.29, 1.82) is 0 Å². The number of hydrogen-bond acceptors (Lipinski definition) is 4. The van der Waals surface area contributed by atoms with Gasteiger partial charge in [-0.25, -0.2) is 4.39 Å². The normalized spacial score (nSPS) is 10.9. The van der Waals surface area contributed by atoms with Gasteiger partial charge in [-0.3, -0.25) is 0 Å². The average Bonchev–Trinajstić information content (AvgIpc) is 3.08. The number of hydrogen-bond donors (Lipinski definition) is 0.